The monoisotopic (exact) mass is 532 g/mol. The van der Waals surface area contributed by atoms with Gasteiger partial charge in [0.2, 0.25) is 5.91 Å². The van der Waals surface area contributed by atoms with Crippen molar-refractivity contribution in [2.45, 2.75) is 17.6 Å². The summed E-state index contributed by atoms with van der Waals surface area (Å²) >= 11 is 5.71. The van der Waals surface area contributed by atoms with Crippen LogP contribution in [0.5, 0.6) is 0 Å². The lowest BCUT2D eigenvalue weighted by atomic mass is 10.1. The van der Waals surface area contributed by atoms with Crippen molar-refractivity contribution in [3.8, 4) is 0 Å². The van der Waals surface area contributed by atoms with E-state index in [9.17, 15) is 26.4 Å². The first-order chi connectivity index (χ1) is 17.1. The van der Waals surface area contributed by atoms with Crippen molar-refractivity contribution >= 4 is 44.0 Å². The molecule has 0 saturated heterocycles. The molecule has 0 aliphatic rings. The molecule has 4 rings (SSSR count). The third-order valence-electron chi connectivity index (χ3n) is 5.47. The lowest BCUT2D eigenvalue weighted by molar-refractivity contribution is -0.137. The standard InChI is InChI=1S/C26H20ClF3N2O3S/c27-24-13-12-21(15-23(24)26(28,29)30)32(36(34,35)22-8-2-1-3-9-22)17-25(33)31-16-18-10-11-19-6-4-5-7-20(19)14-18/h1-15H,16-17H2,(H,31,33). The van der Waals surface area contributed by atoms with E-state index in [4.69, 9.17) is 11.6 Å². The predicted octanol–water partition coefficient (Wildman–Crippen LogP) is 6.02. The Kier molecular flexibility index (Phi) is 7.23. The van der Waals surface area contributed by atoms with E-state index in [1.54, 1.807) is 6.07 Å². The van der Waals surface area contributed by atoms with Gasteiger partial charge in [-0.05, 0) is 52.7 Å². The van der Waals surface area contributed by atoms with Crippen molar-refractivity contribution in [3.63, 3.8) is 0 Å². The lowest BCUT2D eigenvalue weighted by Gasteiger charge is -2.25. The minimum absolute atomic E-state index is 0.108. The zero-order chi connectivity index (χ0) is 25.9. The summed E-state index contributed by atoms with van der Waals surface area (Å²) in [5.74, 6) is -0.689. The molecule has 186 valence electrons. The van der Waals surface area contributed by atoms with Crippen LogP contribution >= 0.6 is 11.6 Å². The number of carbonyl (C=O) groups is 1. The van der Waals surface area contributed by atoms with Gasteiger partial charge in [0.25, 0.3) is 10.0 Å². The van der Waals surface area contributed by atoms with Crippen LogP contribution in [0.2, 0.25) is 5.02 Å². The zero-order valence-electron chi connectivity index (χ0n) is 18.7. The van der Waals surface area contributed by atoms with Crippen LogP contribution in [0.15, 0.2) is 95.9 Å². The summed E-state index contributed by atoms with van der Waals surface area (Å²) in [6.07, 6.45) is -4.81. The molecule has 1 N–H and O–H groups in total. The number of alkyl halides is 3. The average molecular weight is 533 g/mol. The van der Waals surface area contributed by atoms with E-state index in [2.05, 4.69) is 5.32 Å². The van der Waals surface area contributed by atoms with Gasteiger partial charge in [-0.25, -0.2) is 8.42 Å². The number of benzene rings is 4. The number of carbonyl (C=O) groups excluding carboxylic acids is 1. The second kappa shape index (κ2) is 10.2. The van der Waals surface area contributed by atoms with Gasteiger partial charge in [-0.3, -0.25) is 9.10 Å². The van der Waals surface area contributed by atoms with Crippen LogP contribution in [0, 0.1) is 0 Å². The Morgan fingerprint density at radius 2 is 1.53 bits per heavy atom. The number of halogens is 4. The van der Waals surface area contributed by atoms with Crippen molar-refractivity contribution < 1.29 is 26.4 Å². The topological polar surface area (TPSA) is 66.5 Å². The van der Waals surface area contributed by atoms with E-state index < -0.39 is 39.2 Å². The molecule has 0 heterocycles. The number of nitrogens with one attached hydrogen (secondary N) is 1. The molecule has 0 fully saturated rings. The van der Waals surface area contributed by atoms with Crippen molar-refractivity contribution in [3.05, 3.63) is 107 Å². The molecule has 0 aromatic heterocycles. The largest absolute Gasteiger partial charge is 0.417 e. The summed E-state index contributed by atoms with van der Waals surface area (Å²) in [5.41, 5.74) is -0.756. The molecule has 4 aromatic carbocycles. The quantitative estimate of drug-likeness (QED) is 0.316. The summed E-state index contributed by atoms with van der Waals surface area (Å²) in [7, 11) is -4.37. The highest BCUT2D eigenvalue weighted by Gasteiger charge is 2.35. The predicted molar refractivity (Wildman–Crippen MR) is 133 cm³/mol. The van der Waals surface area contributed by atoms with Gasteiger partial charge >= 0.3 is 6.18 Å². The van der Waals surface area contributed by atoms with Crippen LogP contribution in [0.25, 0.3) is 10.8 Å². The van der Waals surface area contributed by atoms with Gasteiger partial charge < -0.3 is 5.32 Å². The smallest absolute Gasteiger partial charge is 0.350 e. The number of fused-ring (bicyclic) bond motifs is 1. The van der Waals surface area contributed by atoms with Crippen molar-refractivity contribution in [2.75, 3.05) is 10.8 Å². The summed E-state index contributed by atoms with van der Waals surface area (Å²) in [6.45, 7) is -0.624. The second-order valence-corrected chi connectivity index (χ2v) is 10.2. The van der Waals surface area contributed by atoms with Gasteiger partial charge in [0.15, 0.2) is 0 Å². The van der Waals surface area contributed by atoms with Gasteiger partial charge in [-0.2, -0.15) is 13.2 Å². The maximum atomic E-state index is 13.5. The Morgan fingerprint density at radius 3 is 2.22 bits per heavy atom. The number of anilines is 1. The number of nitrogens with zero attached hydrogens (tertiary/aromatic N) is 1. The summed E-state index contributed by atoms with van der Waals surface area (Å²) in [4.78, 5) is 12.7. The number of sulfonamides is 1. The SMILES string of the molecule is O=C(CN(c1ccc(Cl)c(C(F)(F)F)c1)S(=O)(=O)c1ccccc1)NCc1ccc2ccccc2c1. The molecule has 0 unspecified atom stereocenters. The minimum Gasteiger partial charge on any atom is -0.350 e. The lowest BCUT2D eigenvalue weighted by Crippen LogP contribution is -2.40. The van der Waals surface area contributed by atoms with E-state index in [0.29, 0.717) is 10.4 Å². The number of amides is 1. The minimum atomic E-state index is -4.81. The van der Waals surface area contributed by atoms with Crippen LogP contribution < -0.4 is 9.62 Å². The highest BCUT2D eigenvalue weighted by molar-refractivity contribution is 7.92. The first kappa shape index (κ1) is 25.5. The highest BCUT2D eigenvalue weighted by Crippen LogP contribution is 2.38. The highest BCUT2D eigenvalue weighted by atomic mass is 35.5. The Hall–Kier alpha value is -3.56. The molecule has 0 radical (unpaired) electrons. The average Bonchev–Trinajstić information content (AvgIpc) is 2.86. The number of hydrogen-bond acceptors (Lipinski definition) is 3. The number of hydrogen-bond donors (Lipinski definition) is 1. The molecule has 0 saturated carbocycles. The Bertz CT molecular complexity index is 1510. The molecule has 0 bridgehead atoms. The molecule has 0 aliphatic heterocycles. The summed E-state index contributed by atoms with van der Waals surface area (Å²) in [5, 5.41) is 4.07. The van der Waals surface area contributed by atoms with E-state index in [0.717, 1.165) is 28.5 Å². The van der Waals surface area contributed by atoms with E-state index >= 15 is 0 Å². The molecule has 4 aromatic rings. The normalized spacial score (nSPS) is 11.9. The molecule has 1 amide bonds. The maximum absolute atomic E-state index is 13.5. The van der Waals surface area contributed by atoms with Gasteiger partial charge in [0.1, 0.15) is 6.54 Å². The van der Waals surface area contributed by atoms with E-state index in [1.165, 1.54) is 24.3 Å². The summed E-state index contributed by atoms with van der Waals surface area (Å²) in [6, 6.07) is 23.2. The van der Waals surface area contributed by atoms with Gasteiger partial charge in [-0.15, -0.1) is 0 Å². The molecule has 5 nitrogen and oxygen atoms in total. The molecular formula is C26H20ClF3N2O3S. The Labute approximate surface area is 211 Å². The number of rotatable bonds is 7. The zero-order valence-corrected chi connectivity index (χ0v) is 20.2. The maximum Gasteiger partial charge on any atom is 0.417 e. The van der Waals surface area contributed by atoms with Crippen molar-refractivity contribution in [1.82, 2.24) is 5.32 Å². The third kappa shape index (κ3) is 5.63. The first-order valence-corrected chi connectivity index (χ1v) is 12.6. The molecule has 0 aliphatic carbocycles. The fourth-order valence-electron chi connectivity index (χ4n) is 3.66. The van der Waals surface area contributed by atoms with Crippen molar-refractivity contribution in [1.29, 1.82) is 0 Å². The summed E-state index contributed by atoms with van der Waals surface area (Å²) < 4.78 is 67.8. The fraction of sp³-hybridized carbons (Fsp3) is 0.115. The molecule has 0 spiro atoms. The molecule has 36 heavy (non-hydrogen) atoms. The van der Waals surface area contributed by atoms with Gasteiger partial charge in [0, 0.05) is 6.54 Å². The Balaban J connectivity index is 1.63. The van der Waals surface area contributed by atoms with Crippen LogP contribution in [0.3, 0.4) is 0 Å². The van der Waals surface area contributed by atoms with Crippen LogP contribution in [-0.2, 0) is 27.5 Å². The van der Waals surface area contributed by atoms with Gasteiger partial charge in [0.05, 0.1) is 21.2 Å². The van der Waals surface area contributed by atoms with Crippen molar-refractivity contribution in [2.24, 2.45) is 0 Å². The van der Waals surface area contributed by atoms with Crippen LogP contribution in [0.4, 0.5) is 18.9 Å². The van der Waals surface area contributed by atoms with Crippen LogP contribution in [0.1, 0.15) is 11.1 Å². The fourth-order valence-corrected chi connectivity index (χ4v) is 5.31. The first-order valence-electron chi connectivity index (χ1n) is 10.7. The molecule has 10 heteroatoms. The van der Waals surface area contributed by atoms with E-state index in [-0.39, 0.29) is 17.1 Å². The van der Waals surface area contributed by atoms with Gasteiger partial charge in [-0.1, -0.05) is 66.2 Å². The third-order valence-corrected chi connectivity index (χ3v) is 7.58. The Morgan fingerprint density at radius 1 is 0.861 bits per heavy atom. The molecular weight excluding hydrogens is 513 g/mol. The molecule has 0 atom stereocenters. The second-order valence-electron chi connectivity index (χ2n) is 7.94. The van der Waals surface area contributed by atoms with Crippen LogP contribution in [-0.4, -0.2) is 20.9 Å². The van der Waals surface area contributed by atoms with E-state index in [1.807, 2.05) is 42.5 Å².